The monoisotopic (exact) mass is 240 g/mol. The number of nitrogens with zero attached hydrogens (tertiary/aromatic N) is 1. The van der Waals surface area contributed by atoms with Crippen LogP contribution in [-0.4, -0.2) is 48.3 Å². The molecule has 2 atom stereocenters. The molecule has 3 heteroatoms. The molecule has 0 spiro atoms. The molecule has 1 N–H and O–H groups in total. The van der Waals surface area contributed by atoms with Gasteiger partial charge in [-0.05, 0) is 46.6 Å². The zero-order valence-corrected chi connectivity index (χ0v) is 11.9. The van der Waals surface area contributed by atoms with Gasteiger partial charge in [0.05, 0.1) is 11.7 Å². The van der Waals surface area contributed by atoms with Crippen LogP contribution in [0.25, 0.3) is 0 Å². The van der Waals surface area contributed by atoms with Gasteiger partial charge in [-0.3, -0.25) is 4.90 Å². The van der Waals surface area contributed by atoms with Gasteiger partial charge in [-0.25, -0.2) is 0 Å². The van der Waals surface area contributed by atoms with Gasteiger partial charge in [0.25, 0.3) is 0 Å². The van der Waals surface area contributed by atoms with Gasteiger partial charge in [0.2, 0.25) is 0 Å². The van der Waals surface area contributed by atoms with Crippen LogP contribution in [-0.2, 0) is 4.74 Å². The van der Waals surface area contributed by atoms with Crippen LogP contribution in [0.5, 0.6) is 0 Å². The van der Waals surface area contributed by atoms with Gasteiger partial charge < -0.3 is 10.1 Å². The number of nitrogens with one attached hydrogen (secondary N) is 1. The Balaban J connectivity index is 1.97. The highest BCUT2D eigenvalue weighted by Gasteiger charge is 2.38. The molecule has 0 saturated carbocycles. The predicted octanol–water partition coefficient (Wildman–Crippen LogP) is 2.02. The summed E-state index contributed by atoms with van der Waals surface area (Å²) >= 11 is 0. The second-order valence-electron chi connectivity index (χ2n) is 6.52. The molecule has 2 fully saturated rings. The fraction of sp³-hybridized carbons (Fsp3) is 1.00. The van der Waals surface area contributed by atoms with Gasteiger partial charge in [0, 0.05) is 25.2 Å². The van der Waals surface area contributed by atoms with Crippen molar-refractivity contribution in [3.63, 3.8) is 0 Å². The Morgan fingerprint density at radius 3 is 2.71 bits per heavy atom. The van der Waals surface area contributed by atoms with Gasteiger partial charge >= 0.3 is 0 Å². The minimum atomic E-state index is 0.00516. The van der Waals surface area contributed by atoms with E-state index in [1.54, 1.807) is 0 Å². The third-order valence-electron chi connectivity index (χ3n) is 4.18. The quantitative estimate of drug-likeness (QED) is 0.817. The van der Waals surface area contributed by atoms with Gasteiger partial charge in [-0.2, -0.15) is 0 Å². The first-order valence-corrected chi connectivity index (χ1v) is 7.10. The van der Waals surface area contributed by atoms with E-state index in [0.29, 0.717) is 11.6 Å². The zero-order chi connectivity index (χ0) is 12.5. The number of rotatable bonds is 3. The molecule has 2 saturated heterocycles. The average molecular weight is 240 g/mol. The third-order valence-corrected chi connectivity index (χ3v) is 4.18. The van der Waals surface area contributed by atoms with Crippen molar-refractivity contribution in [1.29, 1.82) is 0 Å². The summed E-state index contributed by atoms with van der Waals surface area (Å²) in [6, 6.07) is 0. The van der Waals surface area contributed by atoms with Crippen LogP contribution in [0.4, 0.5) is 0 Å². The maximum absolute atomic E-state index is 5.97. The second kappa shape index (κ2) is 4.87. The molecule has 0 aromatic heterocycles. The van der Waals surface area contributed by atoms with Crippen molar-refractivity contribution < 1.29 is 4.74 Å². The minimum absolute atomic E-state index is 0.00516. The van der Waals surface area contributed by atoms with Crippen molar-refractivity contribution in [2.75, 3.05) is 26.2 Å². The van der Waals surface area contributed by atoms with Crippen LogP contribution in [0.15, 0.2) is 0 Å². The molecule has 0 bridgehead atoms. The third kappa shape index (κ3) is 3.21. The topological polar surface area (TPSA) is 24.5 Å². The van der Waals surface area contributed by atoms with Crippen LogP contribution in [0.1, 0.15) is 47.0 Å². The number of hydrogen-bond donors (Lipinski definition) is 1. The van der Waals surface area contributed by atoms with Crippen LogP contribution >= 0.6 is 0 Å². The van der Waals surface area contributed by atoms with Crippen molar-refractivity contribution in [2.24, 2.45) is 0 Å². The molecule has 2 aliphatic heterocycles. The number of hydrogen-bond acceptors (Lipinski definition) is 3. The van der Waals surface area contributed by atoms with Gasteiger partial charge in [0.1, 0.15) is 0 Å². The van der Waals surface area contributed by atoms with E-state index >= 15 is 0 Å². The van der Waals surface area contributed by atoms with Crippen LogP contribution in [0.2, 0.25) is 0 Å². The minimum Gasteiger partial charge on any atom is -0.370 e. The molecule has 2 rings (SSSR count). The first kappa shape index (κ1) is 13.3. The van der Waals surface area contributed by atoms with E-state index < -0.39 is 0 Å². The Labute approximate surface area is 106 Å². The highest BCUT2D eigenvalue weighted by atomic mass is 16.5. The van der Waals surface area contributed by atoms with Crippen molar-refractivity contribution in [3.8, 4) is 0 Å². The summed E-state index contributed by atoms with van der Waals surface area (Å²) in [7, 11) is 0. The normalized spacial score (nSPS) is 38.5. The molecule has 100 valence electrons. The van der Waals surface area contributed by atoms with Gasteiger partial charge in [0.15, 0.2) is 0 Å². The van der Waals surface area contributed by atoms with E-state index in [1.807, 2.05) is 0 Å². The summed E-state index contributed by atoms with van der Waals surface area (Å²) in [5.41, 5.74) is 0.373. The lowest BCUT2D eigenvalue weighted by Crippen LogP contribution is -2.58. The van der Waals surface area contributed by atoms with E-state index in [-0.39, 0.29) is 5.60 Å². The Morgan fingerprint density at radius 2 is 2.18 bits per heavy atom. The Bertz CT molecular complexity index is 259. The van der Waals surface area contributed by atoms with E-state index in [0.717, 1.165) is 13.1 Å². The molecule has 2 unspecified atom stereocenters. The highest BCUT2D eigenvalue weighted by Crippen LogP contribution is 2.27. The summed E-state index contributed by atoms with van der Waals surface area (Å²) < 4.78 is 5.97. The molecule has 17 heavy (non-hydrogen) atoms. The molecule has 2 aliphatic rings. The largest absolute Gasteiger partial charge is 0.370 e. The molecular weight excluding hydrogens is 212 g/mol. The summed E-state index contributed by atoms with van der Waals surface area (Å²) in [6.07, 6.45) is 4.25. The molecule has 0 aliphatic carbocycles. The summed E-state index contributed by atoms with van der Waals surface area (Å²) in [6.45, 7) is 13.4. The standard InChI is InChI=1S/C14H28N2O/c1-5-14(7-6-8-15-14)11-16-9-12(2)17-13(3,4)10-16/h12,15H,5-11H2,1-4H3. The Morgan fingerprint density at radius 1 is 1.41 bits per heavy atom. The first-order valence-electron chi connectivity index (χ1n) is 7.10. The lowest BCUT2D eigenvalue weighted by molar-refractivity contribution is -0.132. The van der Waals surface area contributed by atoms with Crippen molar-refractivity contribution in [1.82, 2.24) is 10.2 Å². The number of morpholine rings is 1. The van der Waals surface area contributed by atoms with Crippen LogP contribution < -0.4 is 5.32 Å². The van der Waals surface area contributed by atoms with E-state index in [4.69, 9.17) is 4.74 Å². The van der Waals surface area contributed by atoms with E-state index in [9.17, 15) is 0 Å². The van der Waals surface area contributed by atoms with Gasteiger partial charge in [-0.15, -0.1) is 0 Å². The maximum Gasteiger partial charge on any atom is 0.0757 e. The summed E-state index contributed by atoms with van der Waals surface area (Å²) in [4.78, 5) is 2.59. The summed E-state index contributed by atoms with van der Waals surface area (Å²) in [5.74, 6) is 0. The number of ether oxygens (including phenoxy) is 1. The van der Waals surface area contributed by atoms with Crippen molar-refractivity contribution >= 4 is 0 Å². The lowest BCUT2D eigenvalue weighted by atomic mass is 9.92. The molecule has 0 radical (unpaired) electrons. The van der Waals surface area contributed by atoms with Crippen LogP contribution in [0, 0.1) is 0 Å². The smallest absolute Gasteiger partial charge is 0.0757 e. The predicted molar refractivity (Wildman–Crippen MR) is 71.3 cm³/mol. The lowest BCUT2D eigenvalue weighted by Gasteiger charge is -2.45. The molecule has 0 amide bonds. The first-order chi connectivity index (χ1) is 7.95. The average Bonchev–Trinajstić information content (AvgIpc) is 2.63. The molecule has 0 aromatic carbocycles. The molecule has 0 aromatic rings. The van der Waals surface area contributed by atoms with Crippen LogP contribution in [0.3, 0.4) is 0 Å². The molecular formula is C14H28N2O. The fourth-order valence-corrected chi connectivity index (χ4v) is 3.55. The zero-order valence-electron chi connectivity index (χ0n) is 11.9. The SMILES string of the molecule is CCC1(CN2CC(C)OC(C)(C)C2)CCCN1. The summed E-state index contributed by atoms with van der Waals surface area (Å²) in [5, 5.41) is 3.73. The second-order valence-corrected chi connectivity index (χ2v) is 6.52. The Hall–Kier alpha value is -0.120. The van der Waals surface area contributed by atoms with Gasteiger partial charge in [-0.1, -0.05) is 6.92 Å². The highest BCUT2D eigenvalue weighted by molar-refractivity contribution is 4.96. The fourth-order valence-electron chi connectivity index (χ4n) is 3.55. The maximum atomic E-state index is 5.97. The van der Waals surface area contributed by atoms with Crippen molar-refractivity contribution in [3.05, 3.63) is 0 Å². The van der Waals surface area contributed by atoms with E-state index in [2.05, 4.69) is 37.9 Å². The van der Waals surface area contributed by atoms with E-state index in [1.165, 1.54) is 32.4 Å². The van der Waals surface area contributed by atoms with Crippen molar-refractivity contribution in [2.45, 2.75) is 64.2 Å². The molecule has 3 nitrogen and oxygen atoms in total. The molecule has 2 heterocycles. The Kier molecular flexibility index (Phi) is 3.81.